The Bertz CT molecular complexity index is 601. The SMILES string of the molecule is CCOC(=O)c1[nH]nc2c1NCC/C2=N\[S@](=O)C(C)(C)C. The number of ether oxygens (including phenoxy) is 1. The molecule has 8 heteroatoms. The Morgan fingerprint density at radius 1 is 1.48 bits per heavy atom. The van der Waals surface area contributed by atoms with E-state index >= 15 is 0 Å². The number of carbonyl (C=O) groups excluding carboxylic acids is 1. The van der Waals surface area contributed by atoms with Crippen molar-refractivity contribution in [3.8, 4) is 0 Å². The van der Waals surface area contributed by atoms with E-state index in [0.29, 0.717) is 36.7 Å². The van der Waals surface area contributed by atoms with Gasteiger partial charge in [-0.1, -0.05) is 0 Å². The topological polar surface area (TPSA) is 96.4 Å². The van der Waals surface area contributed by atoms with Crippen LogP contribution in [-0.4, -0.2) is 44.0 Å². The Balaban J connectivity index is 2.35. The summed E-state index contributed by atoms with van der Waals surface area (Å²) < 4.78 is 21.0. The van der Waals surface area contributed by atoms with E-state index in [1.54, 1.807) is 6.92 Å². The molecule has 1 atom stereocenters. The standard InChI is InChI=1S/C13H20N4O3S/c1-5-20-12(18)11-10-9(15-16-11)8(6-7-14-10)17-21(19)13(2,3)4/h14H,5-7H2,1-4H3,(H,15,16)/b17-8+/t21-/m1/s1. The van der Waals surface area contributed by atoms with Crippen molar-refractivity contribution in [1.29, 1.82) is 0 Å². The Morgan fingerprint density at radius 3 is 2.81 bits per heavy atom. The average Bonchev–Trinajstić information content (AvgIpc) is 2.82. The van der Waals surface area contributed by atoms with Crippen LogP contribution in [0.15, 0.2) is 4.40 Å². The van der Waals surface area contributed by atoms with Crippen LogP contribution in [0.25, 0.3) is 0 Å². The second-order valence-corrected chi connectivity index (χ2v) is 7.52. The molecule has 0 saturated heterocycles. The number of esters is 1. The number of hydrogen-bond acceptors (Lipinski definition) is 5. The van der Waals surface area contributed by atoms with Crippen molar-refractivity contribution in [2.45, 2.75) is 38.9 Å². The zero-order chi connectivity index (χ0) is 15.6. The largest absolute Gasteiger partial charge is 0.461 e. The first-order valence-corrected chi connectivity index (χ1v) is 7.94. The van der Waals surface area contributed by atoms with Gasteiger partial charge >= 0.3 is 5.97 Å². The highest BCUT2D eigenvalue weighted by atomic mass is 32.2. The normalized spacial score (nSPS) is 18.0. The lowest BCUT2D eigenvalue weighted by Gasteiger charge is -2.18. The molecule has 0 spiro atoms. The van der Waals surface area contributed by atoms with Crippen LogP contribution in [0.3, 0.4) is 0 Å². The van der Waals surface area contributed by atoms with Gasteiger partial charge in [0.25, 0.3) is 0 Å². The Hall–Kier alpha value is -1.70. The number of fused-ring (bicyclic) bond motifs is 1. The van der Waals surface area contributed by atoms with E-state index in [0.717, 1.165) is 0 Å². The molecule has 2 heterocycles. The highest BCUT2D eigenvalue weighted by molar-refractivity contribution is 7.85. The lowest BCUT2D eigenvalue weighted by Crippen LogP contribution is -2.24. The summed E-state index contributed by atoms with van der Waals surface area (Å²) in [5.74, 6) is -0.461. The molecule has 21 heavy (non-hydrogen) atoms. The maximum atomic E-state index is 12.2. The van der Waals surface area contributed by atoms with Gasteiger partial charge in [-0.15, -0.1) is 0 Å². The first kappa shape index (κ1) is 15.7. The van der Waals surface area contributed by atoms with Crippen LogP contribution in [0.4, 0.5) is 5.69 Å². The van der Waals surface area contributed by atoms with Gasteiger partial charge in [-0.25, -0.2) is 9.00 Å². The van der Waals surface area contributed by atoms with E-state index in [1.807, 2.05) is 20.8 Å². The van der Waals surface area contributed by atoms with Crippen LogP contribution in [0.1, 0.15) is 50.3 Å². The number of anilines is 1. The van der Waals surface area contributed by atoms with Crippen LogP contribution in [0, 0.1) is 0 Å². The summed E-state index contributed by atoms with van der Waals surface area (Å²) in [6, 6.07) is 0. The number of nitrogens with one attached hydrogen (secondary N) is 2. The van der Waals surface area contributed by atoms with Crippen molar-refractivity contribution in [3.05, 3.63) is 11.4 Å². The highest BCUT2D eigenvalue weighted by Gasteiger charge is 2.28. The zero-order valence-corrected chi connectivity index (χ0v) is 13.5. The van der Waals surface area contributed by atoms with E-state index in [4.69, 9.17) is 4.74 Å². The zero-order valence-electron chi connectivity index (χ0n) is 12.6. The minimum Gasteiger partial charge on any atom is -0.461 e. The summed E-state index contributed by atoms with van der Waals surface area (Å²) in [6.45, 7) is 8.24. The van der Waals surface area contributed by atoms with Gasteiger partial charge < -0.3 is 10.1 Å². The molecule has 2 rings (SSSR count). The fourth-order valence-electron chi connectivity index (χ4n) is 1.82. The van der Waals surface area contributed by atoms with Gasteiger partial charge in [-0.05, 0) is 27.7 Å². The van der Waals surface area contributed by atoms with E-state index in [2.05, 4.69) is 19.9 Å². The molecule has 0 unspecified atom stereocenters. The molecule has 7 nitrogen and oxygen atoms in total. The summed E-state index contributed by atoms with van der Waals surface area (Å²) in [6.07, 6.45) is 0.613. The molecule has 116 valence electrons. The molecule has 0 radical (unpaired) electrons. The third kappa shape index (κ3) is 3.31. The molecule has 0 amide bonds. The minimum atomic E-state index is -1.36. The van der Waals surface area contributed by atoms with Crippen molar-refractivity contribution in [2.75, 3.05) is 18.5 Å². The molecule has 1 aromatic rings. The van der Waals surface area contributed by atoms with Crippen LogP contribution in [0.5, 0.6) is 0 Å². The molecule has 0 fully saturated rings. The predicted molar refractivity (Wildman–Crippen MR) is 82.1 cm³/mol. The van der Waals surface area contributed by atoms with Gasteiger partial charge in [0.2, 0.25) is 0 Å². The second-order valence-electron chi connectivity index (χ2n) is 5.62. The average molecular weight is 312 g/mol. The van der Waals surface area contributed by atoms with E-state index in [1.165, 1.54) is 0 Å². The van der Waals surface area contributed by atoms with Crippen LogP contribution < -0.4 is 5.32 Å². The van der Waals surface area contributed by atoms with E-state index < -0.39 is 21.7 Å². The van der Waals surface area contributed by atoms with Crippen LogP contribution >= 0.6 is 0 Å². The fourth-order valence-corrected chi connectivity index (χ4v) is 2.48. The Morgan fingerprint density at radius 2 is 2.19 bits per heavy atom. The maximum absolute atomic E-state index is 12.2. The van der Waals surface area contributed by atoms with Crippen molar-refractivity contribution in [2.24, 2.45) is 4.40 Å². The molecule has 0 bridgehead atoms. The van der Waals surface area contributed by atoms with Gasteiger partial charge in [0.15, 0.2) is 5.69 Å². The van der Waals surface area contributed by atoms with Gasteiger partial charge in [0.05, 0.1) is 22.8 Å². The first-order valence-electron chi connectivity index (χ1n) is 6.84. The Kier molecular flexibility index (Phi) is 4.46. The van der Waals surface area contributed by atoms with E-state index in [9.17, 15) is 9.00 Å². The number of carbonyl (C=O) groups is 1. The highest BCUT2D eigenvalue weighted by Crippen LogP contribution is 2.26. The molecule has 0 saturated carbocycles. The first-order chi connectivity index (χ1) is 9.84. The van der Waals surface area contributed by atoms with Crippen molar-refractivity contribution in [1.82, 2.24) is 10.2 Å². The molecule has 2 N–H and O–H groups in total. The van der Waals surface area contributed by atoms with E-state index in [-0.39, 0.29) is 5.69 Å². The lowest BCUT2D eigenvalue weighted by molar-refractivity contribution is 0.0520. The summed E-state index contributed by atoms with van der Waals surface area (Å²) >= 11 is 0. The van der Waals surface area contributed by atoms with Gasteiger partial charge in [-0.3, -0.25) is 5.10 Å². The number of nitrogens with zero attached hydrogens (tertiary/aromatic N) is 2. The van der Waals surface area contributed by atoms with Crippen molar-refractivity contribution >= 4 is 28.4 Å². The quantitative estimate of drug-likeness (QED) is 0.827. The summed E-state index contributed by atoms with van der Waals surface area (Å²) in [5, 5.41) is 9.92. The van der Waals surface area contributed by atoms with Crippen molar-refractivity contribution < 1.29 is 13.7 Å². The molecule has 1 aromatic heterocycles. The second kappa shape index (κ2) is 5.97. The predicted octanol–water partition coefficient (Wildman–Crippen LogP) is 1.65. The third-order valence-corrected chi connectivity index (χ3v) is 4.33. The number of H-pyrrole nitrogens is 1. The summed E-state index contributed by atoms with van der Waals surface area (Å²) in [4.78, 5) is 11.8. The third-order valence-electron chi connectivity index (χ3n) is 2.90. The number of aromatic amines is 1. The maximum Gasteiger partial charge on any atom is 0.358 e. The smallest absolute Gasteiger partial charge is 0.358 e. The van der Waals surface area contributed by atoms with Crippen LogP contribution in [0.2, 0.25) is 0 Å². The monoisotopic (exact) mass is 312 g/mol. The summed E-state index contributed by atoms with van der Waals surface area (Å²) in [7, 11) is -1.36. The Labute approximate surface area is 126 Å². The number of aromatic nitrogens is 2. The molecule has 0 aliphatic carbocycles. The van der Waals surface area contributed by atoms with Gasteiger partial charge in [-0.2, -0.15) is 9.50 Å². The van der Waals surface area contributed by atoms with Gasteiger partial charge in [0.1, 0.15) is 16.7 Å². The van der Waals surface area contributed by atoms with Gasteiger partial charge in [0, 0.05) is 13.0 Å². The number of hydrogen-bond donors (Lipinski definition) is 2. The summed E-state index contributed by atoms with van der Waals surface area (Å²) in [5.41, 5.74) is 2.04. The lowest BCUT2D eigenvalue weighted by atomic mass is 10.1. The van der Waals surface area contributed by atoms with Crippen LogP contribution in [-0.2, 0) is 15.7 Å². The molecule has 1 aliphatic rings. The van der Waals surface area contributed by atoms with Crippen molar-refractivity contribution in [3.63, 3.8) is 0 Å². The molecule has 0 aromatic carbocycles. The molecular formula is C13H20N4O3S. The molecular weight excluding hydrogens is 292 g/mol. The minimum absolute atomic E-state index is 0.279. The fraction of sp³-hybridized carbons (Fsp3) is 0.615. The molecule has 1 aliphatic heterocycles. The number of rotatable bonds is 3.